The van der Waals surface area contributed by atoms with Crippen LogP contribution in [0.3, 0.4) is 0 Å². The molecule has 7 nitrogen and oxygen atoms in total. The number of methoxy groups -OCH3 is 1. The van der Waals surface area contributed by atoms with E-state index < -0.39 is 6.04 Å². The van der Waals surface area contributed by atoms with E-state index in [1.165, 1.54) is 7.11 Å². The first-order valence-corrected chi connectivity index (χ1v) is 11.1. The summed E-state index contributed by atoms with van der Waals surface area (Å²) >= 11 is 0. The number of anilines is 1. The van der Waals surface area contributed by atoms with Crippen molar-refractivity contribution in [2.24, 2.45) is 5.92 Å². The van der Waals surface area contributed by atoms with Crippen molar-refractivity contribution in [2.45, 2.75) is 26.4 Å². The van der Waals surface area contributed by atoms with Gasteiger partial charge in [0.1, 0.15) is 11.8 Å². The van der Waals surface area contributed by atoms with E-state index in [1.54, 1.807) is 24.3 Å². The number of likely N-dealkylation sites (N-methyl/N-ethyl adjacent to an activating group) is 1. The molecule has 1 atom stereocenters. The summed E-state index contributed by atoms with van der Waals surface area (Å²) in [5, 5.41) is 5.85. The third-order valence-electron chi connectivity index (χ3n) is 5.78. The van der Waals surface area contributed by atoms with Gasteiger partial charge < -0.3 is 20.3 Å². The molecular formula is C25H34N4O3. The van der Waals surface area contributed by atoms with Crippen LogP contribution < -0.4 is 15.4 Å². The summed E-state index contributed by atoms with van der Waals surface area (Å²) in [6, 6.07) is 14.2. The van der Waals surface area contributed by atoms with Crippen molar-refractivity contribution in [2.75, 3.05) is 45.7 Å². The minimum Gasteiger partial charge on any atom is -0.496 e. The SMILES string of the molecule is COc1ccccc1C(=O)NC(C(=O)Nc1cccc(CN2CCN(C)CC2)c1)C(C)C. The molecule has 2 aromatic carbocycles. The number of nitrogens with one attached hydrogen (secondary N) is 2. The van der Waals surface area contributed by atoms with E-state index in [0.717, 1.165) is 44.0 Å². The van der Waals surface area contributed by atoms with Crippen LogP contribution in [0.4, 0.5) is 5.69 Å². The van der Waals surface area contributed by atoms with E-state index in [4.69, 9.17) is 4.74 Å². The fourth-order valence-electron chi connectivity index (χ4n) is 3.82. The quantitative estimate of drug-likeness (QED) is 0.663. The van der Waals surface area contributed by atoms with E-state index in [-0.39, 0.29) is 17.7 Å². The zero-order valence-electron chi connectivity index (χ0n) is 19.4. The highest BCUT2D eigenvalue weighted by Gasteiger charge is 2.26. The van der Waals surface area contributed by atoms with Gasteiger partial charge in [-0.05, 0) is 42.8 Å². The van der Waals surface area contributed by atoms with Gasteiger partial charge in [0.2, 0.25) is 5.91 Å². The van der Waals surface area contributed by atoms with Gasteiger partial charge in [0.25, 0.3) is 5.91 Å². The topological polar surface area (TPSA) is 73.9 Å². The maximum atomic E-state index is 13.0. The second-order valence-electron chi connectivity index (χ2n) is 8.66. The number of piperazine rings is 1. The fourth-order valence-corrected chi connectivity index (χ4v) is 3.82. The molecule has 1 unspecified atom stereocenters. The van der Waals surface area contributed by atoms with Crippen LogP contribution in [0.1, 0.15) is 29.8 Å². The standard InChI is InChI=1S/C25H34N4O3/c1-18(2)23(27-24(30)21-10-5-6-11-22(21)32-4)25(31)26-20-9-7-8-19(16-20)17-29-14-12-28(3)13-15-29/h5-11,16,18,23H,12-15,17H2,1-4H3,(H,26,31)(H,27,30). The summed E-state index contributed by atoms with van der Waals surface area (Å²) in [5.74, 6) is -0.174. The highest BCUT2D eigenvalue weighted by molar-refractivity contribution is 6.02. The minimum atomic E-state index is -0.672. The normalized spacial score (nSPS) is 15.9. The first-order chi connectivity index (χ1) is 15.4. The van der Waals surface area contributed by atoms with Gasteiger partial charge in [-0.3, -0.25) is 14.5 Å². The van der Waals surface area contributed by atoms with Crippen molar-refractivity contribution in [3.8, 4) is 5.75 Å². The van der Waals surface area contributed by atoms with Gasteiger partial charge in [-0.2, -0.15) is 0 Å². The Hall–Kier alpha value is -2.90. The molecule has 0 saturated carbocycles. The molecule has 0 bridgehead atoms. The molecule has 0 spiro atoms. The number of ether oxygens (including phenoxy) is 1. The minimum absolute atomic E-state index is 0.0813. The maximum absolute atomic E-state index is 13.0. The van der Waals surface area contributed by atoms with Gasteiger partial charge >= 0.3 is 0 Å². The summed E-state index contributed by atoms with van der Waals surface area (Å²) in [4.78, 5) is 30.6. The molecule has 2 N–H and O–H groups in total. The van der Waals surface area contributed by atoms with Crippen LogP contribution >= 0.6 is 0 Å². The van der Waals surface area contributed by atoms with Crippen molar-refractivity contribution >= 4 is 17.5 Å². The molecule has 7 heteroatoms. The third-order valence-corrected chi connectivity index (χ3v) is 5.78. The molecule has 1 aliphatic rings. The average Bonchev–Trinajstić information content (AvgIpc) is 2.78. The monoisotopic (exact) mass is 438 g/mol. The summed E-state index contributed by atoms with van der Waals surface area (Å²) in [6.07, 6.45) is 0. The van der Waals surface area contributed by atoms with E-state index in [0.29, 0.717) is 11.3 Å². The van der Waals surface area contributed by atoms with E-state index >= 15 is 0 Å². The fraction of sp³-hybridized carbons (Fsp3) is 0.440. The van der Waals surface area contributed by atoms with Gasteiger partial charge in [-0.15, -0.1) is 0 Å². The number of para-hydroxylation sites is 1. The predicted octanol–water partition coefficient (Wildman–Crippen LogP) is 2.84. The number of rotatable bonds is 8. The molecule has 0 aromatic heterocycles. The Labute approximate surface area is 190 Å². The van der Waals surface area contributed by atoms with Crippen LogP contribution in [0.5, 0.6) is 5.75 Å². The molecule has 172 valence electrons. The summed E-state index contributed by atoms with van der Waals surface area (Å²) in [7, 11) is 3.67. The average molecular weight is 439 g/mol. The molecule has 2 aromatic rings. The number of hydrogen-bond acceptors (Lipinski definition) is 5. The zero-order valence-corrected chi connectivity index (χ0v) is 19.4. The second-order valence-corrected chi connectivity index (χ2v) is 8.66. The molecule has 0 radical (unpaired) electrons. The Bertz CT molecular complexity index is 923. The Kier molecular flexibility index (Phi) is 8.25. The Morgan fingerprint density at radius 1 is 1.03 bits per heavy atom. The number of benzene rings is 2. The highest BCUT2D eigenvalue weighted by atomic mass is 16.5. The molecule has 32 heavy (non-hydrogen) atoms. The molecular weight excluding hydrogens is 404 g/mol. The molecule has 1 heterocycles. The zero-order chi connectivity index (χ0) is 23.1. The van der Waals surface area contributed by atoms with Crippen LogP contribution in [0, 0.1) is 5.92 Å². The molecule has 1 fully saturated rings. The number of carbonyl (C=O) groups excluding carboxylic acids is 2. The Morgan fingerprint density at radius 3 is 2.44 bits per heavy atom. The lowest BCUT2D eigenvalue weighted by Crippen LogP contribution is -2.47. The van der Waals surface area contributed by atoms with Gasteiger partial charge in [0.05, 0.1) is 12.7 Å². The Balaban J connectivity index is 1.65. The first-order valence-electron chi connectivity index (χ1n) is 11.1. The number of hydrogen-bond donors (Lipinski definition) is 2. The number of amides is 2. The smallest absolute Gasteiger partial charge is 0.255 e. The second kappa shape index (κ2) is 11.1. The summed E-state index contributed by atoms with van der Waals surface area (Å²) in [6.45, 7) is 8.90. The maximum Gasteiger partial charge on any atom is 0.255 e. The summed E-state index contributed by atoms with van der Waals surface area (Å²) < 4.78 is 5.28. The predicted molar refractivity (Wildman–Crippen MR) is 127 cm³/mol. The van der Waals surface area contributed by atoms with Crippen molar-refractivity contribution in [1.29, 1.82) is 0 Å². The molecule has 2 amide bonds. The van der Waals surface area contributed by atoms with Crippen LogP contribution in [0.25, 0.3) is 0 Å². The third kappa shape index (κ3) is 6.31. The molecule has 1 aliphatic heterocycles. The molecule has 1 saturated heterocycles. The Morgan fingerprint density at radius 2 is 1.75 bits per heavy atom. The first kappa shape index (κ1) is 23.8. The van der Waals surface area contributed by atoms with Gasteiger partial charge in [-0.1, -0.05) is 38.1 Å². The molecule has 3 rings (SSSR count). The van der Waals surface area contributed by atoms with Crippen molar-refractivity contribution < 1.29 is 14.3 Å². The lowest BCUT2D eigenvalue weighted by molar-refractivity contribution is -0.118. The number of nitrogens with zero attached hydrogens (tertiary/aromatic N) is 2. The molecule has 0 aliphatic carbocycles. The summed E-state index contributed by atoms with van der Waals surface area (Å²) in [5.41, 5.74) is 2.30. The van der Waals surface area contributed by atoms with Crippen LogP contribution in [-0.2, 0) is 11.3 Å². The van der Waals surface area contributed by atoms with Crippen molar-refractivity contribution in [3.05, 3.63) is 59.7 Å². The van der Waals surface area contributed by atoms with Gasteiger partial charge in [0.15, 0.2) is 0 Å². The van der Waals surface area contributed by atoms with Crippen LogP contribution in [-0.4, -0.2) is 68.0 Å². The lowest BCUT2D eigenvalue weighted by Gasteiger charge is -2.32. The number of carbonyl (C=O) groups is 2. The lowest BCUT2D eigenvalue weighted by atomic mass is 10.0. The van der Waals surface area contributed by atoms with E-state index in [1.807, 2.05) is 32.0 Å². The van der Waals surface area contributed by atoms with Crippen molar-refractivity contribution in [3.63, 3.8) is 0 Å². The van der Waals surface area contributed by atoms with E-state index in [9.17, 15) is 9.59 Å². The highest BCUT2D eigenvalue weighted by Crippen LogP contribution is 2.19. The largest absolute Gasteiger partial charge is 0.496 e. The van der Waals surface area contributed by atoms with Gasteiger partial charge in [0, 0.05) is 38.4 Å². The van der Waals surface area contributed by atoms with Crippen LogP contribution in [0.2, 0.25) is 0 Å². The van der Waals surface area contributed by atoms with Crippen molar-refractivity contribution in [1.82, 2.24) is 15.1 Å². The van der Waals surface area contributed by atoms with Crippen LogP contribution in [0.15, 0.2) is 48.5 Å². The van der Waals surface area contributed by atoms with E-state index in [2.05, 4.69) is 33.5 Å². The van der Waals surface area contributed by atoms with Gasteiger partial charge in [-0.25, -0.2) is 0 Å².